The lowest BCUT2D eigenvalue weighted by molar-refractivity contribution is -0.125. The molecule has 1 aliphatic rings. The smallest absolute Gasteiger partial charge is 0.295 e. The van der Waals surface area contributed by atoms with E-state index in [0.29, 0.717) is 56.0 Å². The van der Waals surface area contributed by atoms with Gasteiger partial charge < -0.3 is 10.2 Å². The number of pyridine rings is 1. The number of carbonyl (C=O) groups excluding carboxylic acids is 1. The molecule has 0 atom stereocenters. The fourth-order valence-corrected chi connectivity index (χ4v) is 5.02. The van der Waals surface area contributed by atoms with Gasteiger partial charge in [0.15, 0.2) is 11.5 Å². The number of benzene rings is 2. The number of amides is 1. The summed E-state index contributed by atoms with van der Waals surface area (Å²) in [6, 6.07) is 21.9. The first-order valence-electron chi connectivity index (χ1n) is 12.2. The summed E-state index contributed by atoms with van der Waals surface area (Å²) in [6.07, 6.45) is 5.10. The van der Waals surface area contributed by atoms with E-state index in [9.17, 15) is 9.59 Å². The van der Waals surface area contributed by atoms with Crippen LogP contribution in [0.25, 0.3) is 11.2 Å². The van der Waals surface area contributed by atoms with Crippen LogP contribution in [-0.2, 0) is 17.9 Å². The number of nitrogens with zero attached hydrogens (tertiary/aromatic N) is 4. The van der Waals surface area contributed by atoms with E-state index in [2.05, 4.69) is 39.6 Å². The molecular formula is C28H29N5O2S. The Morgan fingerprint density at radius 3 is 2.47 bits per heavy atom. The maximum atomic E-state index is 13.5. The number of carbonyl (C=O) groups is 1. The highest BCUT2D eigenvalue weighted by Crippen LogP contribution is 2.22. The van der Waals surface area contributed by atoms with Gasteiger partial charge in [-0.2, -0.15) is 0 Å². The van der Waals surface area contributed by atoms with Gasteiger partial charge in [-0.25, -0.2) is 9.97 Å². The molecule has 0 bridgehead atoms. The molecular weight excluding hydrogens is 470 g/mol. The number of rotatable bonds is 7. The van der Waals surface area contributed by atoms with Gasteiger partial charge in [0.05, 0.1) is 6.54 Å². The summed E-state index contributed by atoms with van der Waals surface area (Å²) in [6.45, 7) is 2.18. The molecule has 1 fully saturated rings. The van der Waals surface area contributed by atoms with Crippen molar-refractivity contribution in [2.45, 2.75) is 30.8 Å². The van der Waals surface area contributed by atoms with Gasteiger partial charge in [-0.1, -0.05) is 42.5 Å². The van der Waals surface area contributed by atoms with Gasteiger partial charge in [0.2, 0.25) is 5.91 Å². The van der Waals surface area contributed by atoms with E-state index in [4.69, 9.17) is 0 Å². The number of hydrogen-bond donors (Lipinski definition) is 1. The third kappa shape index (κ3) is 5.28. The van der Waals surface area contributed by atoms with Crippen LogP contribution in [0.5, 0.6) is 0 Å². The van der Waals surface area contributed by atoms with Crippen LogP contribution in [0.4, 0.5) is 5.82 Å². The van der Waals surface area contributed by atoms with Crippen molar-refractivity contribution in [1.29, 1.82) is 0 Å². The average molecular weight is 500 g/mol. The Morgan fingerprint density at radius 2 is 1.75 bits per heavy atom. The molecule has 36 heavy (non-hydrogen) atoms. The molecule has 1 saturated heterocycles. The van der Waals surface area contributed by atoms with Crippen molar-refractivity contribution in [3.05, 3.63) is 94.4 Å². The zero-order chi connectivity index (χ0) is 24.9. The fourth-order valence-electron chi connectivity index (χ4n) is 4.61. The predicted molar refractivity (Wildman–Crippen MR) is 144 cm³/mol. The molecule has 7 nitrogen and oxygen atoms in total. The van der Waals surface area contributed by atoms with E-state index in [1.165, 1.54) is 4.90 Å². The standard InChI is InChI=1S/C28H29N5O2S/c1-36-23-11-9-20(10-12-23)18-30-27(34)22-13-16-32(17-14-22)26-28(35)33(19-21-6-3-2-4-7-21)25-24(31-26)8-5-15-29-25/h2-12,15,22H,13-14,16-19H2,1H3,(H,30,34). The predicted octanol–water partition coefficient (Wildman–Crippen LogP) is 4.09. The van der Waals surface area contributed by atoms with Gasteiger partial charge in [0.25, 0.3) is 5.56 Å². The van der Waals surface area contributed by atoms with Crippen LogP contribution in [0.2, 0.25) is 0 Å². The van der Waals surface area contributed by atoms with E-state index in [-0.39, 0.29) is 17.4 Å². The van der Waals surface area contributed by atoms with E-state index < -0.39 is 0 Å². The van der Waals surface area contributed by atoms with Crippen molar-refractivity contribution in [2.24, 2.45) is 5.92 Å². The van der Waals surface area contributed by atoms with Crippen LogP contribution in [0.3, 0.4) is 0 Å². The molecule has 0 aliphatic carbocycles. The Labute approximate surface area is 214 Å². The summed E-state index contributed by atoms with van der Waals surface area (Å²) in [5.41, 5.74) is 3.24. The molecule has 184 valence electrons. The van der Waals surface area contributed by atoms with E-state index in [1.807, 2.05) is 53.6 Å². The molecule has 1 N–H and O–H groups in total. The minimum Gasteiger partial charge on any atom is -0.352 e. The highest BCUT2D eigenvalue weighted by molar-refractivity contribution is 7.98. The van der Waals surface area contributed by atoms with Gasteiger partial charge >= 0.3 is 0 Å². The number of anilines is 1. The average Bonchev–Trinajstić information content (AvgIpc) is 2.94. The monoisotopic (exact) mass is 499 g/mol. The van der Waals surface area contributed by atoms with Gasteiger partial charge in [0, 0.05) is 36.6 Å². The van der Waals surface area contributed by atoms with Crippen molar-refractivity contribution in [2.75, 3.05) is 24.2 Å². The maximum absolute atomic E-state index is 13.5. The van der Waals surface area contributed by atoms with E-state index in [0.717, 1.165) is 11.1 Å². The van der Waals surface area contributed by atoms with Gasteiger partial charge in [-0.3, -0.25) is 14.2 Å². The Kier molecular flexibility index (Phi) is 7.32. The number of piperidine rings is 1. The van der Waals surface area contributed by atoms with Crippen LogP contribution < -0.4 is 15.8 Å². The summed E-state index contributed by atoms with van der Waals surface area (Å²) in [7, 11) is 0. The van der Waals surface area contributed by atoms with Crippen LogP contribution in [0.15, 0.2) is 82.6 Å². The molecule has 0 spiro atoms. The van der Waals surface area contributed by atoms with Crippen molar-refractivity contribution < 1.29 is 4.79 Å². The molecule has 1 aliphatic heterocycles. The minimum absolute atomic E-state index is 0.0691. The zero-order valence-corrected chi connectivity index (χ0v) is 21.1. The topological polar surface area (TPSA) is 80.1 Å². The molecule has 4 aromatic rings. The number of nitrogens with one attached hydrogen (secondary N) is 1. The summed E-state index contributed by atoms with van der Waals surface area (Å²) in [5.74, 6) is 0.431. The number of hydrogen-bond acceptors (Lipinski definition) is 6. The first-order valence-corrected chi connectivity index (χ1v) is 13.4. The molecule has 1 amide bonds. The summed E-state index contributed by atoms with van der Waals surface area (Å²) < 4.78 is 1.70. The Hall–Kier alpha value is -3.65. The lowest BCUT2D eigenvalue weighted by atomic mass is 9.96. The second-order valence-corrected chi connectivity index (χ2v) is 9.87. The lowest BCUT2D eigenvalue weighted by Gasteiger charge is -2.32. The van der Waals surface area contributed by atoms with Gasteiger partial charge in [-0.05, 0) is 54.5 Å². The van der Waals surface area contributed by atoms with Crippen LogP contribution in [-0.4, -0.2) is 39.8 Å². The second kappa shape index (κ2) is 11.0. The second-order valence-electron chi connectivity index (χ2n) is 8.99. The van der Waals surface area contributed by atoms with Gasteiger partial charge in [-0.15, -0.1) is 11.8 Å². The first-order chi connectivity index (χ1) is 17.6. The zero-order valence-electron chi connectivity index (χ0n) is 20.3. The highest BCUT2D eigenvalue weighted by atomic mass is 32.2. The normalized spacial score (nSPS) is 14.2. The van der Waals surface area contributed by atoms with Crippen LogP contribution >= 0.6 is 11.8 Å². The van der Waals surface area contributed by atoms with Crippen LogP contribution in [0.1, 0.15) is 24.0 Å². The molecule has 2 aromatic heterocycles. The number of thioether (sulfide) groups is 1. The molecule has 2 aromatic carbocycles. The Morgan fingerprint density at radius 1 is 1.00 bits per heavy atom. The summed E-state index contributed by atoms with van der Waals surface area (Å²) in [5, 5.41) is 3.08. The van der Waals surface area contributed by atoms with Crippen LogP contribution in [0, 0.1) is 5.92 Å². The summed E-state index contributed by atoms with van der Waals surface area (Å²) >= 11 is 1.70. The van der Waals surface area contributed by atoms with Gasteiger partial charge in [0.1, 0.15) is 5.52 Å². The van der Waals surface area contributed by atoms with Crippen molar-refractivity contribution in [3.63, 3.8) is 0 Å². The largest absolute Gasteiger partial charge is 0.352 e. The van der Waals surface area contributed by atoms with Crippen molar-refractivity contribution >= 4 is 34.7 Å². The van der Waals surface area contributed by atoms with E-state index >= 15 is 0 Å². The molecule has 0 radical (unpaired) electrons. The quantitative estimate of drug-likeness (QED) is 0.386. The SMILES string of the molecule is CSc1ccc(CNC(=O)C2CCN(c3nc4cccnc4n(Cc4ccccc4)c3=O)CC2)cc1. The number of fused-ring (bicyclic) bond motifs is 1. The Bertz CT molecular complexity index is 1400. The van der Waals surface area contributed by atoms with E-state index in [1.54, 1.807) is 22.5 Å². The number of aromatic nitrogens is 3. The first kappa shape index (κ1) is 24.1. The third-order valence-corrected chi connectivity index (χ3v) is 7.40. The molecule has 5 rings (SSSR count). The minimum atomic E-state index is -0.151. The molecule has 8 heteroatoms. The van der Waals surface area contributed by atoms with Crippen molar-refractivity contribution in [1.82, 2.24) is 19.9 Å². The third-order valence-electron chi connectivity index (χ3n) is 6.66. The fraction of sp³-hybridized carbons (Fsp3) is 0.286. The molecule has 0 saturated carbocycles. The highest BCUT2D eigenvalue weighted by Gasteiger charge is 2.27. The molecule has 0 unspecified atom stereocenters. The summed E-state index contributed by atoms with van der Waals surface area (Å²) in [4.78, 5) is 38.7. The molecule has 3 heterocycles. The lowest BCUT2D eigenvalue weighted by Crippen LogP contribution is -2.43. The Balaban J connectivity index is 1.28. The van der Waals surface area contributed by atoms with Crippen molar-refractivity contribution in [3.8, 4) is 0 Å². The maximum Gasteiger partial charge on any atom is 0.295 e.